The lowest BCUT2D eigenvalue weighted by atomic mass is 9.71. The number of rotatable bonds is 5. The van der Waals surface area contributed by atoms with Gasteiger partial charge in [-0.2, -0.15) is 0 Å². The first-order chi connectivity index (χ1) is 9.97. The predicted molar refractivity (Wildman–Crippen MR) is 78.5 cm³/mol. The predicted octanol–water partition coefficient (Wildman–Crippen LogP) is -0.748. The molecule has 0 aromatic heterocycles. The fourth-order valence-corrected chi connectivity index (χ4v) is 3.27. The number of carbonyl (C=O) groups excluding carboxylic acids is 2. The summed E-state index contributed by atoms with van der Waals surface area (Å²) in [6.07, 6.45) is 3.33. The lowest BCUT2D eigenvalue weighted by molar-refractivity contribution is -0.124. The van der Waals surface area contributed by atoms with Crippen molar-refractivity contribution in [3.05, 3.63) is 0 Å². The van der Waals surface area contributed by atoms with Gasteiger partial charge in [0.05, 0.1) is 6.10 Å². The van der Waals surface area contributed by atoms with E-state index in [4.69, 9.17) is 5.73 Å². The van der Waals surface area contributed by atoms with Crippen molar-refractivity contribution in [1.29, 1.82) is 0 Å². The van der Waals surface area contributed by atoms with Crippen LogP contribution < -0.4 is 16.4 Å². The Labute approximate surface area is 125 Å². The molecule has 0 radical (unpaired) electrons. The maximum atomic E-state index is 12.1. The van der Waals surface area contributed by atoms with Gasteiger partial charge in [0.15, 0.2) is 0 Å². The molecular formula is C14H26N4O3. The lowest BCUT2D eigenvalue weighted by Crippen LogP contribution is -2.54. The molecule has 1 heterocycles. The number of likely N-dealkylation sites (N-methyl/N-ethyl adjacent to an activating group) is 1. The smallest absolute Gasteiger partial charge is 0.314 e. The van der Waals surface area contributed by atoms with Gasteiger partial charge in [0.25, 0.3) is 0 Å². The van der Waals surface area contributed by atoms with E-state index in [0.717, 1.165) is 38.8 Å². The van der Waals surface area contributed by atoms with Crippen molar-refractivity contribution >= 4 is 11.9 Å². The van der Waals surface area contributed by atoms with E-state index in [1.165, 1.54) is 11.9 Å². The highest BCUT2D eigenvalue weighted by molar-refractivity contribution is 5.83. The quantitative estimate of drug-likeness (QED) is 0.536. The van der Waals surface area contributed by atoms with Crippen LogP contribution in [0.3, 0.4) is 0 Å². The largest absolute Gasteiger partial charge is 0.393 e. The number of nitrogens with one attached hydrogen (secondary N) is 2. The van der Waals surface area contributed by atoms with Crippen LogP contribution in [0.25, 0.3) is 0 Å². The Morgan fingerprint density at radius 3 is 2.48 bits per heavy atom. The van der Waals surface area contributed by atoms with Crippen molar-refractivity contribution in [3.63, 3.8) is 0 Å². The Morgan fingerprint density at radius 1 is 1.33 bits per heavy atom. The van der Waals surface area contributed by atoms with E-state index in [2.05, 4.69) is 10.6 Å². The first-order valence-corrected chi connectivity index (χ1v) is 7.66. The van der Waals surface area contributed by atoms with Crippen LogP contribution in [0.4, 0.5) is 4.79 Å². The van der Waals surface area contributed by atoms with Crippen molar-refractivity contribution in [2.45, 2.75) is 37.8 Å². The molecule has 1 aliphatic carbocycles. The molecule has 1 atom stereocenters. The van der Waals surface area contributed by atoms with Crippen LogP contribution in [-0.2, 0) is 4.79 Å². The molecule has 7 heteroatoms. The molecule has 5 N–H and O–H groups in total. The average molecular weight is 298 g/mol. The number of amides is 3. The molecule has 1 saturated heterocycles. The van der Waals surface area contributed by atoms with Crippen molar-refractivity contribution in [2.75, 3.05) is 26.7 Å². The molecule has 3 amide bonds. The minimum absolute atomic E-state index is 0.0217. The molecule has 1 aliphatic heterocycles. The van der Waals surface area contributed by atoms with Crippen LogP contribution >= 0.6 is 0 Å². The van der Waals surface area contributed by atoms with Gasteiger partial charge < -0.3 is 26.4 Å². The minimum atomic E-state index is -0.609. The average Bonchev–Trinajstić information content (AvgIpc) is 2.42. The van der Waals surface area contributed by atoms with E-state index in [-0.39, 0.29) is 24.6 Å². The highest BCUT2D eigenvalue weighted by Crippen LogP contribution is 2.35. The zero-order valence-electron chi connectivity index (χ0n) is 12.5. The number of carbonyl (C=O) groups is 2. The summed E-state index contributed by atoms with van der Waals surface area (Å²) >= 11 is 0. The van der Waals surface area contributed by atoms with Gasteiger partial charge in [-0.15, -0.1) is 0 Å². The first kappa shape index (κ1) is 16.0. The number of aliphatic hydroxyl groups excluding tert-OH is 1. The van der Waals surface area contributed by atoms with E-state index in [1.807, 2.05) is 0 Å². The van der Waals surface area contributed by atoms with Crippen molar-refractivity contribution in [3.8, 4) is 0 Å². The molecule has 0 aromatic carbocycles. The molecule has 120 valence electrons. The van der Waals surface area contributed by atoms with Gasteiger partial charge in [-0.05, 0) is 50.6 Å². The summed E-state index contributed by atoms with van der Waals surface area (Å²) in [4.78, 5) is 24.3. The highest BCUT2D eigenvalue weighted by atomic mass is 16.3. The summed E-state index contributed by atoms with van der Waals surface area (Å²) in [7, 11) is 1.51. The number of urea groups is 1. The number of hydrogen-bond donors (Lipinski definition) is 4. The molecule has 0 spiro atoms. The van der Waals surface area contributed by atoms with Crippen LogP contribution in [0, 0.1) is 11.8 Å². The Bertz CT molecular complexity index is 378. The Balaban J connectivity index is 1.91. The molecule has 21 heavy (non-hydrogen) atoms. The third-order valence-corrected chi connectivity index (χ3v) is 4.63. The van der Waals surface area contributed by atoms with E-state index in [1.54, 1.807) is 0 Å². The summed E-state index contributed by atoms with van der Waals surface area (Å²) in [5.74, 6) is 0.596. The van der Waals surface area contributed by atoms with Gasteiger partial charge in [-0.1, -0.05) is 0 Å². The van der Waals surface area contributed by atoms with Crippen molar-refractivity contribution < 1.29 is 14.7 Å². The molecule has 2 fully saturated rings. The van der Waals surface area contributed by atoms with Crippen LogP contribution in [0.1, 0.15) is 25.7 Å². The highest BCUT2D eigenvalue weighted by Gasteiger charge is 2.39. The third kappa shape index (κ3) is 4.31. The van der Waals surface area contributed by atoms with Gasteiger partial charge in [-0.25, -0.2) is 4.79 Å². The number of piperidine rings is 1. The second-order valence-electron chi connectivity index (χ2n) is 6.26. The topological polar surface area (TPSA) is 108 Å². The fourth-order valence-electron chi connectivity index (χ4n) is 3.27. The van der Waals surface area contributed by atoms with Gasteiger partial charge in [0.2, 0.25) is 5.91 Å². The first-order valence-electron chi connectivity index (χ1n) is 7.66. The summed E-state index contributed by atoms with van der Waals surface area (Å²) in [5.41, 5.74) is 5.14. The van der Waals surface area contributed by atoms with Crippen LogP contribution in [0.15, 0.2) is 0 Å². The zero-order chi connectivity index (χ0) is 15.4. The van der Waals surface area contributed by atoms with Gasteiger partial charge in [0, 0.05) is 13.1 Å². The molecule has 2 aliphatic rings. The number of aliphatic hydroxyl groups is 1. The maximum absolute atomic E-state index is 12.1. The number of hydrogen-bond acceptors (Lipinski definition) is 4. The lowest BCUT2D eigenvalue weighted by Gasteiger charge is -2.43. The standard InChI is InChI=1S/C14H26N4O3/c1-18(14(15)21)8-12(20)17-13(10-6-11(19)7-10)9-2-4-16-5-3-9/h9-11,13,16,19H,2-8H2,1H3,(H2,15,21)(H,17,20)/t10?,11?,13-/m1/s1. The summed E-state index contributed by atoms with van der Waals surface area (Å²) in [6, 6.07) is -0.521. The number of nitrogens with zero attached hydrogens (tertiary/aromatic N) is 1. The van der Waals surface area contributed by atoms with E-state index in [0.29, 0.717) is 11.8 Å². The molecule has 0 aromatic rings. The second-order valence-corrected chi connectivity index (χ2v) is 6.26. The van der Waals surface area contributed by atoms with Crippen LogP contribution in [0.5, 0.6) is 0 Å². The monoisotopic (exact) mass is 298 g/mol. The van der Waals surface area contributed by atoms with Crippen LogP contribution in [0.2, 0.25) is 0 Å². The molecule has 0 unspecified atom stereocenters. The molecule has 2 rings (SSSR count). The molecular weight excluding hydrogens is 272 g/mol. The van der Waals surface area contributed by atoms with E-state index >= 15 is 0 Å². The summed E-state index contributed by atoms with van der Waals surface area (Å²) in [6.45, 7) is 1.91. The minimum Gasteiger partial charge on any atom is -0.393 e. The normalized spacial score (nSPS) is 27.5. The second kappa shape index (κ2) is 7.09. The van der Waals surface area contributed by atoms with E-state index in [9.17, 15) is 14.7 Å². The maximum Gasteiger partial charge on any atom is 0.314 e. The Hall–Kier alpha value is -1.34. The van der Waals surface area contributed by atoms with Gasteiger partial charge in [-0.3, -0.25) is 4.79 Å². The summed E-state index contributed by atoms with van der Waals surface area (Å²) < 4.78 is 0. The van der Waals surface area contributed by atoms with Gasteiger partial charge in [0.1, 0.15) is 6.54 Å². The number of primary amides is 1. The van der Waals surface area contributed by atoms with Gasteiger partial charge >= 0.3 is 6.03 Å². The SMILES string of the molecule is CN(CC(=O)N[C@H](C1CCNCC1)C1CC(O)C1)C(N)=O. The number of nitrogens with two attached hydrogens (primary N) is 1. The summed E-state index contributed by atoms with van der Waals surface area (Å²) in [5, 5.41) is 15.9. The Kier molecular flexibility index (Phi) is 5.41. The zero-order valence-corrected chi connectivity index (χ0v) is 12.5. The van der Waals surface area contributed by atoms with Crippen molar-refractivity contribution in [1.82, 2.24) is 15.5 Å². The Morgan fingerprint density at radius 2 is 1.95 bits per heavy atom. The third-order valence-electron chi connectivity index (χ3n) is 4.63. The molecule has 0 bridgehead atoms. The fraction of sp³-hybridized carbons (Fsp3) is 0.857. The molecule has 1 saturated carbocycles. The van der Waals surface area contributed by atoms with Crippen molar-refractivity contribution in [2.24, 2.45) is 17.6 Å². The molecule has 7 nitrogen and oxygen atoms in total. The van der Waals surface area contributed by atoms with E-state index < -0.39 is 6.03 Å². The van der Waals surface area contributed by atoms with Crippen LogP contribution in [-0.4, -0.2) is 60.8 Å².